The van der Waals surface area contributed by atoms with E-state index in [0.717, 1.165) is 5.69 Å². The molecule has 102 valence electrons. The lowest BCUT2D eigenvalue weighted by atomic mass is 10.3. The van der Waals surface area contributed by atoms with Crippen LogP contribution >= 0.6 is 0 Å². The molecule has 2 N–H and O–H groups in total. The van der Waals surface area contributed by atoms with Crippen LogP contribution in [0, 0.1) is 12.7 Å². The number of anilines is 2. The molecule has 0 aliphatic heterocycles. The Morgan fingerprint density at radius 2 is 1.65 bits per heavy atom. The Morgan fingerprint density at radius 1 is 1.00 bits per heavy atom. The predicted octanol–water partition coefficient (Wildman–Crippen LogP) is 2.11. The van der Waals surface area contributed by atoms with Gasteiger partial charge in [-0.1, -0.05) is 6.07 Å². The number of hydrogen-bond acceptors (Lipinski definition) is 3. The third-order valence-corrected chi connectivity index (χ3v) is 2.44. The highest BCUT2D eigenvalue weighted by atomic mass is 19.1. The summed E-state index contributed by atoms with van der Waals surface area (Å²) in [6, 6.07) is 10.2. The summed E-state index contributed by atoms with van der Waals surface area (Å²) in [6.07, 6.45) is 0. The van der Waals surface area contributed by atoms with Crippen molar-refractivity contribution >= 4 is 23.3 Å². The maximum atomic E-state index is 12.7. The van der Waals surface area contributed by atoms with Crippen molar-refractivity contribution in [1.29, 1.82) is 0 Å². The van der Waals surface area contributed by atoms with Crippen molar-refractivity contribution in [2.75, 3.05) is 10.6 Å². The highest BCUT2D eigenvalue weighted by Gasteiger charge is 2.14. The minimum atomic E-state index is -0.847. The van der Waals surface area contributed by atoms with E-state index in [-0.39, 0.29) is 0 Å². The van der Waals surface area contributed by atoms with Gasteiger partial charge in [0.05, 0.1) is 0 Å². The van der Waals surface area contributed by atoms with E-state index >= 15 is 0 Å². The van der Waals surface area contributed by atoms with Crippen LogP contribution in [0.15, 0.2) is 42.5 Å². The van der Waals surface area contributed by atoms with Gasteiger partial charge >= 0.3 is 11.8 Å². The summed E-state index contributed by atoms with van der Waals surface area (Å²) in [4.78, 5) is 27.4. The quantitative estimate of drug-likeness (QED) is 0.823. The lowest BCUT2D eigenvalue weighted by Gasteiger charge is -2.06. The highest BCUT2D eigenvalue weighted by molar-refractivity contribution is 6.43. The number of amides is 2. The van der Waals surface area contributed by atoms with Crippen molar-refractivity contribution in [3.05, 3.63) is 54.0 Å². The molecular formula is C14H12FN3O2. The van der Waals surface area contributed by atoms with Crippen molar-refractivity contribution in [2.45, 2.75) is 6.92 Å². The van der Waals surface area contributed by atoms with Crippen LogP contribution in [0.1, 0.15) is 5.69 Å². The lowest BCUT2D eigenvalue weighted by Crippen LogP contribution is -2.29. The van der Waals surface area contributed by atoms with Crippen molar-refractivity contribution in [1.82, 2.24) is 4.98 Å². The molecule has 1 aromatic heterocycles. The smallest absolute Gasteiger partial charge is 0.315 e. The van der Waals surface area contributed by atoms with Gasteiger partial charge < -0.3 is 10.6 Å². The van der Waals surface area contributed by atoms with E-state index in [1.807, 2.05) is 0 Å². The highest BCUT2D eigenvalue weighted by Crippen LogP contribution is 2.08. The molecule has 6 heteroatoms. The van der Waals surface area contributed by atoms with Crippen molar-refractivity contribution < 1.29 is 14.0 Å². The Balaban J connectivity index is 1.98. The van der Waals surface area contributed by atoms with Crippen molar-refractivity contribution in [2.24, 2.45) is 0 Å². The van der Waals surface area contributed by atoms with Crippen LogP contribution in [0.2, 0.25) is 0 Å². The summed E-state index contributed by atoms with van der Waals surface area (Å²) >= 11 is 0. The zero-order valence-electron chi connectivity index (χ0n) is 10.7. The molecular weight excluding hydrogens is 261 g/mol. The van der Waals surface area contributed by atoms with Crippen LogP contribution in [-0.2, 0) is 9.59 Å². The fourth-order valence-corrected chi connectivity index (χ4v) is 1.51. The van der Waals surface area contributed by atoms with E-state index in [9.17, 15) is 14.0 Å². The van der Waals surface area contributed by atoms with Crippen LogP contribution in [-0.4, -0.2) is 16.8 Å². The first-order chi connectivity index (χ1) is 9.54. The molecule has 1 heterocycles. The maximum Gasteiger partial charge on any atom is 0.315 e. The van der Waals surface area contributed by atoms with Gasteiger partial charge in [0, 0.05) is 11.4 Å². The van der Waals surface area contributed by atoms with E-state index in [4.69, 9.17) is 0 Å². The number of nitrogens with one attached hydrogen (secondary N) is 2. The Hall–Kier alpha value is -2.76. The molecule has 0 bridgehead atoms. The second-order valence-corrected chi connectivity index (χ2v) is 4.08. The molecule has 0 fully saturated rings. The van der Waals surface area contributed by atoms with Crippen molar-refractivity contribution in [3.63, 3.8) is 0 Å². The van der Waals surface area contributed by atoms with Gasteiger partial charge in [0.15, 0.2) is 0 Å². The predicted molar refractivity (Wildman–Crippen MR) is 72.6 cm³/mol. The second kappa shape index (κ2) is 5.92. The van der Waals surface area contributed by atoms with Crippen LogP contribution in [0.5, 0.6) is 0 Å². The molecule has 5 nitrogen and oxygen atoms in total. The number of carbonyl (C=O) groups is 2. The minimum absolute atomic E-state index is 0.296. The van der Waals surface area contributed by atoms with E-state index in [0.29, 0.717) is 11.5 Å². The molecule has 2 amide bonds. The first kappa shape index (κ1) is 13.7. The Kier molecular flexibility index (Phi) is 4.05. The fraction of sp³-hybridized carbons (Fsp3) is 0.0714. The number of pyridine rings is 1. The number of nitrogens with zero attached hydrogens (tertiary/aromatic N) is 1. The summed E-state index contributed by atoms with van der Waals surface area (Å²) in [5, 5.41) is 4.74. The van der Waals surface area contributed by atoms with Crippen LogP contribution in [0.25, 0.3) is 0 Å². The van der Waals surface area contributed by atoms with E-state index in [2.05, 4.69) is 15.6 Å². The molecule has 1 aromatic carbocycles. The van der Waals surface area contributed by atoms with Gasteiger partial charge in [-0.3, -0.25) is 9.59 Å². The fourth-order valence-electron chi connectivity index (χ4n) is 1.51. The van der Waals surface area contributed by atoms with Gasteiger partial charge in [0.1, 0.15) is 11.6 Å². The van der Waals surface area contributed by atoms with E-state index < -0.39 is 17.6 Å². The zero-order valence-corrected chi connectivity index (χ0v) is 10.7. The van der Waals surface area contributed by atoms with Crippen LogP contribution in [0.4, 0.5) is 15.9 Å². The van der Waals surface area contributed by atoms with Gasteiger partial charge in [-0.15, -0.1) is 0 Å². The first-order valence-electron chi connectivity index (χ1n) is 5.86. The number of carbonyl (C=O) groups excluding carboxylic acids is 2. The molecule has 2 aromatic rings. The largest absolute Gasteiger partial charge is 0.318 e. The first-order valence-corrected chi connectivity index (χ1v) is 5.86. The average Bonchev–Trinajstić information content (AvgIpc) is 2.41. The number of halogens is 1. The average molecular weight is 273 g/mol. The normalized spacial score (nSPS) is 9.90. The van der Waals surface area contributed by atoms with Gasteiger partial charge in [0.2, 0.25) is 0 Å². The molecule has 0 aliphatic rings. The Labute approximate surface area is 114 Å². The maximum absolute atomic E-state index is 12.7. The molecule has 0 saturated heterocycles. The molecule has 0 saturated carbocycles. The third-order valence-electron chi connectivity index (χ3n) is 2.44. The second-order valence-electron chi connectivity index (χ2n) is 4.08. The van der Waals surface area contributed by atoms with E-state index in [1.165, 1.54) is 24.3 Å². The molecule has 0 spiro atoms. The monoisotopic (exact) mass is 273 g/mol. The SMILES string of the molecule is Cc1cccc(NC(=O)C(=O)Nc2ccc(F)cc2)n1. The Morgan fingerprint density at radius 3 is 2.30 bits per heavy atom. The summed E-state index contributed by atoms with van der Waals surface area (Å²) in [6.45, 7) is 1.77. The Bertz CT molecular complexity index is 641. The topological polar surface area (TPSA) is 71.1 Å². The summed E-state index contributed by atoms with van der Waals surface area (Å²) < 4.78 is 12.7. The number of hydrogen-bond donors (Lipinski definition) is 2. The molecule has 0 aliphatic carbocycles. The number of aryl methyl sites for hydroxylation is 1. The third kappa shape index (κ3) is 3.61. The lowest BCUT2D eigenvalue weighted by molar-refractivity contribution is -0.133. The summed E-state index contributed by atoms with van der Waals surface area (Å²) in [5.74, 6) is -1.81. The summed E-state index contributed by atoms with van der Waals surface area (Å²) in [5.41, 5.74) is 1.06. The van der Waals surface area contributed by atoms with Gasteiger partial charge in [-0.2, -0.15) is 0 Å². The number of aromatic nitrogens is 1. The molecule has 0 radical (unpaired) electrons. The van der Waals surface area contributed by atoms with Crippen molar-refractivity contribution in [3.8, 4) is 0 Å². The van der Waals surface area contributed by atoms with E-state index in [1.54, 1.807) is 25.1 Å². The standard InChI is InChI=1S/C14H12FN3O2/c1-9-3-2-4-12(16-9)18-14(20)13(19)17-11-7-5-10(15)6-8-11/h2-8H,1H3,(H,17,19)(H,16,18,20). The minimum Gasteiger partial charge on any atom is -0.318 e. The molecule has 20 heavy (non-hydrogen) atoms. The molecule has 2 rings (SSSR count). The zero-order chi connectivity index (χ0) is 14.5. The van der Waals surface area contributed by atoms with Gasteiger partial charge in [-0.05, 0) is 43.3 Å². The molecule has 0 atom stereocenters. The molecule has 0 unspecified atom stereocenters. The number of benzene rings is 1. The summed E-state index contributed by atoms with van der Waals surface area (Å²) in [7, 11) is 0. The number of rotatable bonds is 2. The van der Waals surface area contributed by atoms with Crippen LogP contribution < -0.4 is 10.6 Å². The van der Waals surface area contributed by atoms with Crippen LogP contribution in [0.3, 0.4) is 0 Å². The van der Waals surface area contributed by atoms with Gasteiger partial charge in [0.25, 0.3) is 0 Å². The van der Waals surface area contributed by atoms with Gasteiger partial charge in [-0.25, -0.2) is 9.37 Å².